The molecule has 0 aromatic carbocycles. The lowest BCUT2D eigenvalue weighted by Crippen LogP contribution is -2.26. The maximum atomic E-state index is 14.0. The molecular weight excluding hydrogens is 536 g/mol. The van der Waals surface area contributed by atoms with Gasteiger partial charge in [0.25, 0.3) is 0 Å². The minimum absolute atomic E-state index is 0.0122. The lowest BCUT2D eigenvalue weighted by Gasteiger charge is -2.33. The number of rotatable bonds is 3. The molecule has 0 spiro atoms. The van der Waals surface area contributed by atoms with Gasteiger partial charge in [0, 0.05) is 12.1 Å². The number of thioether (sulfide) groups is 1. The first-order valence-electron chi connectivity index (χ1n) is 15.7. The zero-order valence-electron chi connectivity index (χ0n) is 28.2. The van der Waals surface area contributed by atoms with Gasteiger partial charge < -0.3 is 5.11 Å². The largest absolute Gasteiger partial charge is 0.506 e. The molecule has 1 aromatic heterocycles. The van der Waals surface area contributed by atoms with Gasteiger partial charge in [0.1, 0.15) is 5.76 Å². The van der Waals surface area contributed by atoms with Gasteiger partial charge in [0.2, 0.25) is 5.78 Å². The second-order valence-corrected chi connectivity index (χ2v) is 17.6. The van der Waals surface area contributed by atoms with Crippen molar-refractivity contribution in [3.8, 4) is 0 Å². The average molecular weight is 590 g/mol. The van der Waals surface area contributed by atoms with Gasteiger partial charge >= 0.3 is 11.5 Å². The maximum Gasteiger partial charge on any atom is 0.335 e. The van der Waals surface area contributed by atoms with Crippen LogP contribution in [0.1, 0.15) is 132 Å². The van der Waals surface area contributed by atoms with Gasteiger partial charge in [-0.3, -0.25) is 4.79 Å². The van der Waals surface area contributed by atoms with Gasteiger partial charge in [-0.05, 0) is 116 Å². The Hall–Kier alpha value is -2.33. The van der Waals surface area contributed by atoms with Crippen LogP contribution in [0.2, 0.25) is 0 Å². The molecule has 1 aliphatic heterocycles. The number of aliphatic hydroxyl groups is 1. The molecule has 1 aromatic rings. The standard InChI is InChI=1S/C38H52O3S/c1-35(2,3)27-21-25(22-28(41-27)36(4,5)6)31(24-16-14-13-15-17-24)32-33(39)26(34(32)40)18-23-19-29(37(7,8)9)42-30(20-23)38(10,11)12/h18-22,24H,13-17H2,1-12H3/p+1. The van der Waals surface area contributed by atoms with Crippen LogP contribution in [0.25, 0.3) is 5.57 Å². The number of ketones is 1. The van der Waals surface area contributed by atoms with Crippen molar-refractivity contribution in [3.05, 3.63) is 79.7 Å². The average Bonchev–Trinajstić information content (AvgIpc) is 2.88. The summed E-state index contributed by atoms with van der Waals surface area (Å²) in [5.74, 6) is 2.12. The fraction of sp³-hybridized carbons (Fsp3) is 0.579. The molecule has 42 heavy (non-hydrogen) atoms. The molecule has 0 saturated heterocycles. The predicted octanol–water partition coefficient (Wildman–Crippen LogP) is 11.4. The maximum absolute atomic E-state index is 14.0. The molecule has 4 heteroatoms. The molecule has 1 saturated carbocycles. The van der Waals surface area contributed by atoms with E-state index in [-0.39, 0.29) is 39.1 Å². The lowest BCUT2D eigenvalue weighted by atomic mass is 9.72. The van der Waals surface area contributed by atoms with Crippen molar-refractivity contribution in [2.75, 3.05) is 0 Å². The molecule has 4 rings (SSSR count). The summed E-state index contributed by atoms with van der Waals surface area (Å²) in [6, 6.07) is 4.25. The summed E-state index contributed by atoms with van der Waals surface area (Å²) in [6.45, 7) is 26.3. The van der Waals surface area contributed by atoms with Crippen LogP contribution >= 0.6 is 11.8 Å². The molecule has 228 valence electrons. The minimum atomic E-state index is -0.192. The number of carbonyl (C=O) groups excluding carboxylic acids is 1. The van der Waals surface area contributed by atoms with Crippen molar-refractivity contribution in [1.82, 2.24) is 0 Å². The van der Waals surface area contributed by atoms with Crippen LogP contribution < -0.4 is 0 Å². The molecule has 0 amide bonds. The van der Waals surface area contributed by atoms with Gasteiger partial charge in [-0.2, -0.15) is 0 Å². The minimum Gasteiger partial charge on any atom is -0.506 e. The van der Waals surface area contributed by atoms with Crippen LogP contribution in [0.5, 0.6) is 0 Å². The molecule has 2 heterocycles. The zero-order valence-corrected chi connectivity index (χ0v) is 29.0. The molecule has 1 fully saturated rings. The van der Waals surface area contributed by atoms with E-state index in [1.165, 1.54) is 16.2 Å². The summed E-state index contributed by atoms with van der Waals surface area (Å²) in [7, 11) is 0. The first kappa shape index (κ1) is 32.6. The highest BCUT2D eigenvalue weighted by Gasteiger charge is 2.41. The highest BCUT2D eigenvalue weighted by atomic mass is 32.2. The van der Waals surface area contributed by atoms with E-state index in [1.807, 2.05) is 17.8 Å². The van der Waals surface area contributed by atoms with Gasteiger partial charge in [-0.15, -0.1) is 0 Å². The van der Waals surface area contributed by atoms with Gasteiger partial charge in [-0.1, -0.05) is 72.6 Å². The molecule has 0 bridgehead atoms. The van der Waals surface area contributed by atoms with E-state index in [0.717, 1.165) is 53.9 Å². The summed E-state index contributed by atoms with van der Waals surface area (Å²) in [4.78, 5) is 16.6. The van der Waals surface area contributed by atoms with Crippen molar-refractivity contribution in [1.29, 1.82) is 0 Å². The Morgan fingerprint density at radius 3 is 1.67 bits per heavy atom. The van der Waals surface area contributed by atoms with Crippen molar-refractivity contribution in [3.63, 3.8) is 0 Å². The monoisotopic (exact) mass is 589 g/mol. The molecule has 0 radical (unpaired) electrons. The third-order valence-electron chi connectivity index (χ3n) is 8.43. The van der Waals surface area contributed by atoms with Crippen LogP contribution in [0.4, 0.5) is 0 Å². The van der Waals surface area contributed by atoms with Gasteiger partial charge in [0.05, 0.1) is 22.0 Å². The normalized spacial score (nSPS) is 20.8. The number of allylic oxidation sites excluding steroid dienone is 9. The van der Waals surface area contributed by atoms with E-state index in [2.05, 4.69) is 107 Å². The number of hydrogen-bond acceptors (Lipinski definition) is 3. The fourth-order valence-electron chi connectivity index (χ4n) is 5.69. The first-order chi connectivity index (χ1) is 19.2. The number of aliphatic hydroxyl groups excluding tert-OH is 1. The topological polar surface area (TPSA) is 48.6 Å². The van der Waals surface area contributed by atoms with Crippen molar-refractivity contribution >= 4 is 23.1 Å². The van der Waals surface area contributed by atoms with Crippen LogP contribution in [0.15, 0.2) is 67.1 Å². The molecule has 2 aliphatic carbocycles. The molecule has 0 atom stereocenters. The Bertz CT molecular complexity index is 1350. The first-order valence-corrected chi connectivity index (χ1v) is 16.6. The van der Waals surface area contributed by atoms with E-state index >= 15 is 0 Å². The number of carbonyl (C=O) groups is 1. The van der Waals surface area contributed by atoms with E-state index in [1.54, 1.807) is 0 Å². The van der Waals surface area contributed by atoms with E-state index in [4.69, 9.17) is 4.42 Å². The molecule has 3 aliphatic rings. The van der Waals surface area contributed by atoms with Gasteiger partial charge in [-0.25, -0.2) is 4.42 Å². The molecule has 1 N–H and O–H groups in total. The zero-order chi connectivity index (χ0) is 31.4. The third-order valence-corrected chi connectivity index (χ3v) is 10.3. The smallest absolute Gasteiger partial charge is 0.335 e. The number of Topliss-reactive ketones (excluding diaryl/α,β-unsaturated/α-hetero) is 1. The van der Waals surface area contributed by atoms with Crippen molar-refractivity contribution in [2.24, 2.45) is 16.7 Å². The Balaban J connectivity index is 1.92. The Morgan fingerprint density at radius 1 is 0.786 bits per heavy atom. The summed E-state index contributed by atoms with van der Waals surface area (Å²) < 4.78 is 6.46. The van der Waals surface area contributed by atoms with Gasteiger partial charge in [0.15, 0.2) is 0 Å². The summed E-state index contributed by atoms with van der Waals surface area (Å²) in [5, 5.41) is 11.6. The Morgan fingerprint density at radius 2 is 1.26 bits per heavy atom. The summed E-state index contributed by atoms with van der Waals surface area (Å²) in [5.41, 5.74) is 3.51. The lowest BCUT2D eigenvalue weighted by molar-refractivity contribution is -0.113. The van der Waals surface area contributed by atoms with E-state index < -0.39 is 0 Å². The second-order valence-electron chi connectivity index (χ2n) is 16.6. The number of hydrogen-bond donors (Lipinski definition) is 1. The van der Waals surface area contributed by atoms with Crippen LogP contribution in [-0.2, 0) is 15.6 Å². The SMILES string of the molecule is CC(C)(C)C1=CC(=CC2=C(O)C(=C(c3cc(C(C)(C)C)[o+]c(C(C)(C)C)c3)C3CCCCC3)C2=O)C=C(C(C)(C)C)S1. The van der Waals surface area contributed by atoms with Crippen LogP contribution in [0.3, 0.4) is 0 Å². The van der Waals surface area contributed by atoms with Crippen molar-refractivity contribution < 1.29 is 14.3 Å². The Labute approximate surface area is 259 Å². The second kappa shape index (κ2) is 11.3. The Kier molecular flexibility index (Phi) is 8.77. The third kappa shape index (κ3) is 6.90. The molecule has 3 nitrogen and oxygen atoms in total. The van der Waals surface area contributed by atoms with E-state index in [0.29, 0.717) is 11.1 Å². The van der Waals surface area contributed by atoms with E-state index in [9.17, 15) is 9.90 Å². The fourth-order valence-corrected chi connectivity index (χ4v) is 6.93. The van der Waals surface area contributed by atoms with Crippen LogP contribution in [0, 0.1) is 16.7 Å². The predicted molar refractivity (Wildman–Crippen MR) is 179 cm³/mol. The molecule has 0 unspecified atom stereocenters. The quantitative estimate of drug-likeness (QED) is 0.281. The van der Waals surface area contributed by atoms with Crippen LogP contribution in [-0.4, -0.2) is 10.9 Å². The molecular formula is C38H53O3S+. The highest BCUT2D eigenvalue weighted by molar-refractivity contribution is 8.06. The highest BCUT2D eigenvalue weighted by Crippen LogP contribution is 2.50. The summed E-state index contributed by atoms with van der Waals surface area (Å²) >= 11 is 1.83. The van der Waals surface area contributed by atoms with Crippen molar-refractivity contribution in [2.45, 2.75) is 126 Å². The summed E-state index contributed by atoms with van der Waals surface area (Å²) in [6.07, 6.45) is 11.8.